The van der Waals surface area contributed by atoms with Gasteiger partial charge in [-0.15, -0.1) is 0 Å². The van der Waals surface area contributed by atoms with E-state index in [0.29, 0.717) is 21.9 Å². The van der Waals surface area contributed by atoms with Crippen molar-refractivity contribution >= 4 is 21.9 Å². The third kappa shape index (κ3) is 3.64. The van der Waals surface area contributed by atoms with E-state index < -0.39 is 5.41 Å². The first-order chi connectivity index (χ1) is 24.0. The molecule has 8 aromatic rings. The van der Waals surface area contributed by atoms with Crippen LogP contribution < -0.4 is 5.43 Å². The molecule has 49 heavy (non-hydrogen) atoms. The minimum atomic E-state index is -0.451. The van der Waals surface area contributed by atoms with Crippen LogP contribution in [0, 0.1) is 0 Å². The Labute approximate surface area is 284 Å². The van der Waals surface area contributed by atoms with Gasteiger partial charge < -0.3 is 4.42 Å². The van der Waals surface area contributed by atoms with Crippen LogP contribution in [0.1, 0.15) is 47.2 Å². The first-order valence-electron chi connectivity index (χ1n) is 17.0. The maximum Gasteiger partial charge on any atom is 0.200 e. The zero-order valence-corrected chi connectivity index (χ0v) is 27.3. The van der Waals surface area contributed by atoms with Gasteiger partial charge in [-0.2, -0.15) is 0 Å². The number of rotatable bonds is 2. The van der Waals surface area contributed by atoms with Crippen molar-refractivity contribution in [2.45, 2.75) is 24.7 Å². The molecule has 7 aromatic carbocycles. The van der Waals surface area contributed by atoms with Crippen LogP contribution >= 0.6 is 0 Å². The molecule has 0 radical (unpaired) electrons. The average Bonchev–Trinajstić information content (AvgIpc) is 3.45. The van der Waals surface area contributed by atoms with Crippen molar-refractivity contribution < 1.29 is 4.42 Å². The summed E-state index contributed by atoms with van der Waals surface area (Å²) < 4.78 is 6.31. The normalized spacial score (nSPS) is 14.7. The van der Waals surface area contributed by atoms with Gasteiger partial charge in [0.1, 0.15) is 11.2 Å². The number of benzene rings is 7. The fourth-order valence-electron chi connectivity index (χ4n) is 9.07. The molecule has 1 heterocycles. The minimum Gasteiger partial charge on any atom is -0.456 e. The molecule has 0 aliphatic heterocycles. The molecule has 0 amide bonds. The van der Waals surface area contributed by atoms with Gasteiger partial charge in [-0.25, -0.2) is 0 Å². The van der Waals surface area contributed by atoms with Crippen LogP contribution in [0.4, 0.5) is 0 Å². The lowest BCUT2D eigenvalue weighted by Crippen LogP contribution is -2.40. The van der Waals surface area contributed by atoms with Crippen LogP contribution in [-0.4, -0.2) is 0 Å². The highest BCUT2D eigenvalue weighted by Crippen LogP contribution is 2.63. The van der Waals surface area contributed by atoms with Crippen molar-refractivity contribution in [3.05, 3.63) is 201 Å². The Morgan fingerprint density at radius 3 is 1.69 bits per heavy atom. The molecule has 1 aromatic heterocycles. The Bertz CT molecular complexity index is 2680. The maximum absolute atomic E-state index is 13.4. The SMILES string of the molecule is CC1(C)c2ccccc2C2(c3ccccc3-c3c(-c4ccccc4-c4ccc5c(=O)c6ccccc6oc5c4)cccc32)c2ccccc21. The molecule has 0 unspecified atom stereocenters. The summed E-state index contributed by atoms with van der Waals surface area (Å²) in [6.45, 7) is 4.72. The van der Waals surface area contributed by atoms with Gasteiger partial charge >= 0.3 is 0 Å². The van der Waals surface area contributed by atoms with E-state index in [2.05, 4.69) is 135 Å². The van der Waals surface area contributed by atoms with Crippen LogP contribution in [-0.2, 0) is 10.8 Å². The summed E-state index contributed by atoms with van der Waals surface area (Å²) in [7, 11) is 0. The third-order valence-corrected chi connectivity index (χ3v) is 11.2. The van der Waals surface area contributed by atoms with Gasteiger partial charge in [0.25, 0.3) is 0 Å². The predicted octanol–water partition coefficient (Wildman–Crippen LogP) is 11.3. The van der Waals surface area contributed by atoms with E-state index in [0.717, 1.165) is 16.7 Å². The second-order valence-electron chi connectivity index (χ2n) is 13.9. The van der Waals surface area contributed by atoms with Crippen LogP contribution in [0.15, 0.2) is 167 Å². The van der Waals surface area contributed by atoms with Gasteiger partial charge in [0.15, 0.2) is 0 Å². The molecule has 0 saturated carbocycles. The summed E-state index contributed by atoms with van der Waals surface area (Å²) in [5, 5.41) is 1.19. The van der Waals surface area contributed by atoms with E-state index in [1.54, 1.807) is 0 Å². The number of fused-ring (bicyclic) bond motifs is 11. The summed E-state index contributed by atoms with van der Waals surface area (Å²) in [4.78, 5) is 13.4. The summed E-state index contributed by atoms with van der Waals surface area (Å²) >= 11 is 0. The number of hydrogen-bond donors (Lipinski definition) is 0. The zero-order valence-electron chi connectivity index (χ0n) is 27.3. The van der Waals surface area contributed by atoms with E-state index in [-0.39, 0.29) is 10.8 Å². The molecule has 10 rings (SSSR count). The third-order valence-electron chi connectivity index (χ3n) is 11.2. The summed E-state index contributed by atoms with van der Waals surface area (Å²) in [6, 6.07) is 56.1. The van der Waals surface area contributed by atoms with Gasteiger partial charge in [-0.05, 0) is 91.0 Å². The largest absolute Gasteiger partial charge is 0.456 e. The van der Waals surface area contributed by atoms with E-state index in [1.165, 1.54) is 50.1 Å². The van der Waals surface area contributed by atoms with Crippen LogP contribution in [0.5, 0.6) is 0 Å². The van der Waals surface area contributed by atoms with Crippen molar-refractivity contribution in [3.63, 3.8) is 0 Å². The Morgan fingerprint density at radius 2 is 0.959 bits per heavy atom. The van der Waals surface area contributed by atoms with E-state index in [1.807, 2.05) is 36.4 Å². The van der Waals surface area contributed by atoms with Crippen molar-refractivity contribution in [3.8, 4) is 33.4 Å². The van der Waals surface area contributed by atoms with Crippen molar-refractivity contribution in [2.75, 3.05) is 0 Å². The summed E-state index contributed by atoms with van der Waals surface area (Å²) in [6.07, 6.45) is 0. The topological polar surface area (TPSA) is 30.2 Å². The predicted molar refractivity (Wildman–Crippen MR) is 200 cm³/mol. The molecular weight excluding hydrogens is 597 g/mol. The highest BCUT2D eigenvalue weighted by atomic mass is 16.3. The Morgan fingerprint density at radius 1 is 0.429 bits per heavy atom. The number of hydrogen-bond acceptors (Lipinski definition) is 2. The van der Waals surface area contributed by atoms with Crippen molar-refractivity contribution in [1.29, 1.82) is 0 Å². The zero-order chi connectivity index (χ0) is 32.9. The number of para-hydroxylation sites is 1. The minimum absolute atomic E-state index is 0.00399. The van der Waals surface area contributed by atoms with Gasteiger partial charge in [0.05, 0.1) is 16.2 Å². The molecular formula is C47H32O2. The van der Waals surface area contributed by atoms with Crippen molar-refractivity contribution in [1.82, 2.24) is 0 Å². The molecule has 2 nitrogen and oxygen atoms in total. The summed E-state index contributed by atoms with van der Waals surface area (Å²) in [5.74, 6) is 0. The first-order valence-corrected chi connectivity index (χ1v) is 17.0. The molecule has 2 aliphatic rings. The second-order valence-corrected chi connectivity index (χ2v) is 13.9. The van der Waals surface area contributed by atoms with E-state index in [4.69, 9.17) is 4.42 Å². The Balaban J connectivity index is 1.26. The van der Waals surface area contributed by atoms with Gasteiger partial charge in [-0.3, -0.25) is 4.79 Å². The molecule has 2 heteroatoms. The monoisotopic (exact) mass is 628 g/mol. The Hall–Kier alpha value is -5.99. The van der Waals surface area contributed by atoms with Gasteiger partial charge in [-0.1, -0.05) is 147 Å². The lowest BCUT2D eigenvalue weighted by molar-refractivity contribution is 0.563. The average molecular weight is 629 g/mol. The molecule has 0 saturated heterocycles. The molecule has 0 bridgehead atoms. The molecule has 0 N–H and O–H groups in total. The van der Waals surface area contributed by atoms with E-state index in [9.17, 15) is 4.79 Å². The molecule has 0 fully saturated rings. The molecule has 0 atom stereocenters. The highest BCUT2D eigenvalue weighted by molar-refractivity contribution is 6.00. The lowest BCUT2D eigenvalue weighted by Gasteiger charge is -2.46. The molecule has 232 valence electrons. The van der Waals surface area contributed by atoms with Gasteiger partial charge in [0, 0.05) is 5.41 Å². The fourth-order valence-corrected chi connectivity index (χ4v) is 9.07. The van der Waals surface area contributed by atoms with Crippen LogP contribution in [0.3, 0.4) is 0 Å². The lowest BCUT2D eigenvalue weighted by atomic mass is 9.55. The fraction of sp³-hybridized carbons (Fsp3) is 0.0851. The van der Waals surface area contributed by atoms with E-state index >= 15 is 0 Å². The highest BCUT2D eigenvalue weighted by Gasteiger charge is 2.53. The van der Waals surface area contributed by atoms with Crippen LogP contribution in [0.25, 0.3) is 55.3 Å². The smallest absolute Gasteiger partial charge is 0.200 e. The van der Waals surface area contributed by atoms with Gasteiger partial charge in [0.2, 0.25) is 5.43 Å². The quantitative estimate of drug-likeness (QED) is 0.178. The second kappa shape index (κ2) is 10.0. The maximum atomic E-state index is 13.4. The summed E-state index contributed by atoms with van der Waals surface area (Å²) in [5.41, 5.74) is 15.7. The van der Waals surface area contributed by atoms with Crippen LogP contribution in [0.2, 0.25) is 0 Å². The molecule has 2 aliphatic carbocycles. The van der Waals surface area contributed by atoms with Crippen molar-refractivity contribution in [2.24, 2.45) is 0 Å². The molecule has 1 spiro atoms. The first kappa shape index (κ1) is 28.1. The standard InChI is InChI=1S/C47H32O2/c1-46(2)37-20-8-10-22-39(37)47(40-23-11-9-21-38(40)46)36-19-7-5-16-33(36)44-32(18-13-24-41(44)47)31-15-4-3-14-30(31)29-26-27-35-43(28-29)49-42-25-12-6-17-34(42)45(35)48/h3-28H,1-2H3. The Kier molecular flexibility index (Phi) is 5.73.